The van der Waals surface area contributed by atoms with Gasteiger partial charge in [0, 0.05) is 54.4 Å². The smallest absolute Gasteiger partial charge is 0.227 e. The van der Waals surface area contributed by atoms with Crippen molar-refractivity contribution < 1.29 is 9.59 Å². The third-order valence-electron chi connectivity index (χ3n) is 6.22. The number of carbonyl (C=O) groups is 2. The molecule has 4 rings (SSSR count). The number of amides is 1. The minimum absolute atomic E-state index is 0.0245. The van der Waals surface area contributed by atoms with Gasteiger partial charge in [0.15, 0.2) is 5.78 Å². The molecule has 2 aromatic heterocycles. The summed E-state index contributed by atoms with van der Waals surface area (Å²) in [6, 6.07) is 11.4. The van der Waals surface area contributed by atoms with Crippen LogP contribution in [-0.4, -0.2) is 51.2 Å². The lowest BCUT2D eigenvalue weighted by Gasteiger charge is -2.31. The molecule has 0 saturated carbocycles. The fraction of sp³-hybridized carbons (Fsp3) is 0.296. The van der Waals surface area contributed by atoms with E-state index < -0.39 is 0 Å². The number of benzene rings is 1. The van der Waals surface area contributed by atoms with Crippen LogP contribution in [0.15, 0.2) is 67.6 Å². The lowest BCUT2D eigenvalue weighted by Crippen LogP contribution is -2.39. The van der Waals surface area contributed by atoms with Crippen molar-refractivity contribution in [2.45, 2.75) is 26.2 Å². The molecular formula is C27H30N6O2. The minimum atomic E-state index is -0.0430. The molecule has 3 heterocycles. The molecule has 8 heteroatoms. The maximum atomic E-state index is 12.9. The fourth-order valence-corrected chi connectivity index (χ4v) is 4.08. The summed E-state index contributed by atoms with van der Waals surface area (Å²) < 4.78 is 0. The van der Waals surface area contributed by atoms with Gasteiger partial charge in [-0.1, -0.05) is 12.6 Å². The maximum Gasteiger partial charge on any atom is 0.227 e. The van der Waals surface area contributed by atoms with E-state index in [-0.39, 0.29) is 17.6 Å². The number of anilines is 3. The van der Waals surface area contributed by atoms with Gasteiger partial charge in [0.05, 0.1) is 5.69 Å². The first-order chi connectivity index (χ1) is 17.0. The summed E-state index contributed by atoms with van der Waals surface area (Å²) in [4.78, 5) is 39.7. The zero-order chi connectivity index (χ0) is 24.6. The topological polar surface area (TPSA) is 100 Å². The molecule has 1 amide bonds. The van der Waals surface area contributed by atoms with Gasteiger partial charge in [-0.05, 0) is 74.8 Å². The largest absolute Gasteiger partial charge is 0.326 e. The zero-order valence-corrected chi connectivity index (χ0v) is 19.9. The van der Waals surface area contributed by atoms with Gasteiger partial charge in [-0.2, -0.15) is 0 Å². The summed E-state index contributed by atoms with van der Waals surface area (Å²) in [5.74, 6) is 0.512. The summed E-state index contributed by atoms with van der Waals surface area (Å²) in [7, 11) is 0. The fourth-order valence-electron chi connectivity index (χ4n) is 4.08. The van der Waals surface area contributed by atoms with E-state index in [1.807, 2.05) is 43.3 Å². The van der Waals surface area contributed by atoms with Crippen molar-refractivity contribution >= 4 is 29.0 Å². The van der Waals surface area contributed by atoms with Crippen molar-refractivity contribution in [1.82, 2.24) is 19.9 Å². The van der Waals surface area contributed by atoms with E-state index in [1.165, 1.54) is 6.08 Å². The molecule has 8 nitrogen and oxygen atoms in total. The number of allylic oxidation sites excluding steroid dienone is 1. The maximum absolute atomic E-state index is 12.9. The second kappa shape index (κ2) is 11.5. The van der Waals surface area contributed by atoms with Crippen molar-refractivity contribution in [2.24, 2.45) is 5.92 Å². The molecule has 35 heavy (non-hydrogen) atoms. The molecule has 0 unspecified atom stereocenters. The SMILES string of the molecule is C=CC(=O)CCN1CCC(C(=O)Nc2ccc(C)c(Nc3nccc(-c4cccnc4)n3)c2)CC1. The first-order valence-electron chi connectivity index (χ1n) is 11.8. The second-order valence-corrected chi connectivity index (χ2v) is 8.69. The third kappa shape index (κ3) is 6.58. The number of ketones is 1. The van der Waals surface area contributed by atoms with Gasteiger partial charge in [-0.15, -0.1) is 0 Å². The summed E-state index contributed by atoms with van der Waals surface area (Å²) in [5, 5.41) is 6.34. The van der Waals surface area contributed by atoms with Crippen molar-refractivity contribution in [3.8, 4) is 11.3 Å². The van der Waals surface area contributed by atoms with Gasteiger partial charge in [-0.25, -0.2) is 9.97 Å². The van der Waals surface area contributed by atoms with Gasteiger partial charge in [0.25, 0.3) is 0 Å². The number of piperidine rings is 1. The minimum Gasteiger partial charge on any atom is -0.326 e. The normalized spacial score (nSPS) is 14.3. The van der Waals surface area contributed by atoms with Crippen molar-refractivity contribution in [3.63, 3.8) is 0 Å². The first-order valence-corrected chi connectivity index (χ1v) is 11.8. The number of nitrogens with zero attached hydrogens (tertiary/aromatic N) is 4. The highest BCUT2D eigenvalue weighted by Crippen LogP contribution is 2.26. The Morgan fingerprint density at radius 1 is 1.17 bits per heavy atom. The molecule has 1 fully saturated rings. The summed E-state index contributed by atoms with van der Waals surface area (Å²) in [6.45, 7) is 7.85. The van der Waals surface area contributed by atoms with Gasteiger partial charge in [-0.3, -0.25) is 14.6 Å². The van der Waals surface area contributed by atoms with Gasteiger partial charge >= 0.3 is 0 Å². The van der Waals surface area contributed by atoms with Gasteiger partial charge in [0.2, 0.25) is 11.9 Å². The average molecular weight is 471 g/mol. The molecule has 0 spiro atoms. The Bertz CT molecular complexity index is 1190. The monoisotopic (exact) mass is 470 g/mol. The van der Waals surface area contributed by atoms with Crippen LogP contribution in [0.1, 0.15) is 24.8 Å². The molecular weight excluding hydrogens is 440 g/mol. The molecule has 2 N–H and O–H groups in total. The van der Waals surface area contributed by atoms with Crippen molar-refractivity contribution in [3.05, 3.63) is 73.2 Å². The number of carbonyl (C=O) groups excluding carboxylic acids is 2. The molecule has 1 aromatic carbocycles. The third-order valence-corrected chi connectivity index (χ3v) is 6.22. The molecule has 0 aliphatic carbocycles. The van der Waals surface area contributed by atoms with Crippen LogP contribution in [0.5, 0.6) is 0 Å². The van der Waals surface area contributed by atoms with E-state index in [9.17, 15) is 9.59 Å². The Kier molecular flexibility index (Phi) is 7.95. The van der Waals surface area contributed by atoms with Crippen LogP contribution in [0.25, 0.3) is 11.3 Å². The number of rotatable bonds is 9. The van der Waals surface area contributed by atoms with Gasteiger partial charge in [0.1, 0.15) is 0 Å². The molecule has 1 aliphatic heterocycles. The number of hydrogen-bond donors (Lipinski definition) is 2. The van der Waals surface area contributed by atoms with Gasteiger partial charge < -0.3 is 15.5 Å². The van der Waals surface area contributed by atoms with E-state index in [0.717, 1.165) is 60.7 Å². The Balaban J connectivity index is 1.36. The predicted octanol–water partition coefficient (Wildman–Crippen LogP) is 4.39. The quantitative estimate of drug-likeness (QED) is 0.448. The Morgan fingerprint density at radius 3 is 2.74 bits per heavy atom. The molecule has 0 bridgehead atoms. The lowest BCUT2D eigenvalue weighted by molar-refractivity contribution is -0.121. The van der Waals surface area contributed by atoms with E-state index in [1.54, 1.807) is 18.6 Å². The Hall–Kier alpha value is -3.91. The van der Waals surface area contributed by atoms with Crippen LogP contribution in [0.4, 0.5) is 17.3 Å². The summed E-state index contributed by atoms with van der Waals surface area (Å²) in [6.07, 6.45) is 8.60. The second-order valence-electron chi connectivity index (χ2n) is 8.69. The highest BCUT2D eigenvalue weighted by Gasteiger charge is 2.25. The molecule has 3 aromatic rings. The first kappa shape index (κ1) is 24.2. The van der Waals surface area contributed by atoms with Crippen LogP contribution in [0, 0.1) is 12.8 Å². The molecule has 0 atom stereocenters. The molecule has 0 radical (unpaired) electrons. The van der Waals surface area contributed by atoms with E-state index in [0.29, 0.717) is 12.4 Å². The number of likely N-dealkylation sites (tertiary alicyclic amines) is 1. The number of aromatic nitrogens is 3. The molecule has 1 saturated heterocycles. The number of pyridine rings is 1. The van der Waals surface area contributed by atoms with Crippen LogP contribution in [0.2, 0.25) is 0 Å². The summed E-state index contributed by atoms with van der Waals surface area (Å²) >= 11 is 0. The molecule has 1 aliphatic rings. The van der Waals surface area contributed by atoms with Crippen molar-refractivity contribution in [2.75, 3.05) is 30.3 Å². The molecule has 180 valence electrons. The number of nitrogens with one attached hydrogen (secondary N) is 2. The summed E-state index contributed by atoms with van der Waals surface area (Å²) in [5.41, 5.74) is 4.26. The predicted molar refractivity (Wildman–Crippen MR) is 137 cm³/mol. The van der Waals surface area contributed by atoms with Crippen LogP contribution < -0.4 is 10.6 Å². The van der Waals surface area contributed by atoms with Crippen LogP contribution in [0.3, 0.4) is 0 Å². The van der Waals surface area contributed by atoms with Crippen LogP contribution >= 0.6 is 0 Å². The van der Waals surface area contributed by atoms with E-state index >= 15 is 0 Å². The van der Waals surface area contributed by atoms with Crippen LogP contribution in [-0.2, 0) is 9.59 Å². The standard InChI is InChI=1S/C27H30N6O2/c1-3-23(34)11-16-33-14-9-20(10-15-33)26(35)30-22-7-6-19(2)25(17-22)32-27-29-13-8-24(31-27)21-5-4-12-28-18-21/h3-8,12-13,17-18,20H,1,9-11,14-16H2,2H3,(H,30,35)(H,29,31,32). The lowest BCUT2D eigenvalue weighted by atomic mass is 9.95. The number of hydrogen-bond acceptors (Lipinski definition) is 7. The Morgan fingerprint density at radius 2 is 2.00 bits per heavy atom. The highest BCUT2D eigenvalue weighted by atomic mass is 16.2. The zero-order valence-electron chi connectivity index (χ0n) is 19.9. The van der Waals surface area contributed by atoms with Crippen molar-refractivity contribution in [1.29, 1.82) is 0 Å². The highest BCUT2D eigenvalue weighted by molar-refractivity contribution is 5.93. The Labute approximate surface area is 205 Å². The van der Waals surface area contributed by atoms with E-state index in [2.05, 4.69) is 37.1 Å². The average Bonchev–Trinajstić information content (AvgIpc) is 2.90. The van der Waals surface area contributed by atoms with E-state index in [4.69, 9.17) is 0 Å². The number of aryl methyl sites for hydroxylation is 1.